The Labute approximate surface area is 111 Å². The molecular formula is C12H8F3N3O2. The topological polar surface area (TPSA) is 75.1 Å². The molecular weight excluding hydrogens is 275 g/mol. The summed E-state index contributed by atoms with van der Waals surface area (Å²) in [5.41, 5.74) is -0.690. The van der Waals surface area contributed by atoms with E-state index in [0.29, 0.717) is 5.69 Å². The summed E-state index contributed by atoms with van der Waals surface area (Å²) in [6.07, 6.45) is -2.06. The molecule has 0 atom stereocenters. The van der Waals surface area contributed by atoms with Crippen LogP contribution in [0.3, 0.4) is 0 Å². The maximum absolute atomic E-state index is 12.4. The first-order chi connectivity index (χ1) is 9.36. The molecule has 1 aromatic heterocycles. The minimum absolute atomic E-state index is 0.129. The summed E-state index contributed by atoms with van der Waals surface area (Å²) in [5, 5.41) is 11.4. The lowest BCUT2D eigenvalue weighted by Crippen LogP contribution is -2.05. The van der Waals surface area contributed by atoms with Crippen molar-refractivity contribution >= 4 is 17.5 Å². The van der Waals surface area contributed by atoms with Gasteiger partial charge in [0.15, 0.2) is 5.69 Å². The number of carboxylic acid groups (broad SMARTS) is 1. The molecule has 104 valence electrons. The number of nitrogens with one attached hydrogen (secondary N) is 1. The number of alkyl halides is 3. The number of hydrogen-bond acceptors (Lipinski definition) is 4. The van der Waals surface area contributed by atoms with E-state index in [0.717, 1.165) is 18.3 Å². The van der Waals surface area contributed by atoms with Crippen LogP contribution in [0.15, 0.2) is 36.7 Å². The number of carboxylic acids is 1. The molecule has 0 saturated heterocycles. The lowest BCUT2D eigenvalue weighted by atomic mass is 10.2. The highest BCUT2D eigenvalue weighted by atomic mass is 19.4. The van der Waals surface area contributed by atoms with Crippen LogP contribution in [0.5, 0.6) is 0 Å². The first-order valence-corrected chi connectivity index (χ1v) is 5.36. The average molecular weight is 283 g/mol. The molecule has 0 radical (unpaired) electrons. The number of anilines is 2. The second kappa shape index (κ2) is 5.16. The van der Waals surface area contributed by atoms with E-state index >= 15 is 0 Å². The first kappa shape index (κ1) is 13.8. The molecule has 20 heavy (non-hydrogen) atoms. The molecule has 0 fully saturated rings. The summed E-state index contributed by atoms with van der Waals surface area (Å²) in [4.78, 5) is 18.1. The number of nitrogens with zero attached hydrogens (tertiary/aromatic N) is 2. The Balaban J connectivity index is 2.18. The van der Waals surface area contributed by atoms with Crippen molar-refractivity contribution in [2.75, 3.05) is 5.32 Å². The van der Waals surface area contributed by atoms with Gasteiger partial charge in [-0.3, -0.25) is 4.98 Å². The smallest absolute Gasteiger partial charge is 0.416 e. The number of carbonyl (C=O) groups is 1. The summed E-state index contributed by atoms with van der Waals surface area (Å²) in [5.74, 6) is -1.11. The molecule has 0 amide bonds. The van der Waals surface area contributed by atoms with Gasteiger partial charge in [-0.15, -0.1) is 0 Å². The Morgan fingerprint density at radius 3 is 2.35 bits per heavy atom. The van der Waals surface area contributed by atoms with Crippen molar-refractivity contribution in [2.24, 2.45) is 0 Å². The van der Waals surface area contributed by atoms with Crippen LogP contribution in [-0.4, -0.2) is 21.0 Å². The van der Waals surface area contributed by atoms with Gasteiger partial charge in [-0.2, -0.15) is 13.2 Å². The van der Waals surface area contributed by atoms with Crippen LogP contribution in [-0.2, 0) is 6.18 Å². The van der Waals surface area contributed by atoms with Crippen LogP contribution in [0.2, 0.25) is 0 Å². The molecule has 0 aliphatic rings. The zero-order chi connectivity index (χ0) is 14.8. The maximum atomic E-state index is 12.4. The van der Waals surface area contributed by atoms with Gasteiger partial charge < -0.3 is 10.4 Å². The van der Waals surface area contributed by atoms with Crippen molar-refractivity contribution in [1.29, 1.82) is 0 Å². The van der Waals surface area contributed by atoms with Crippen molar-refractivity contribution in [2.45, 2.75) is 6.18 Å². The fourth-order valence-corrected chi connectivity index (χ4v) is 1.42. The van der Waals surface area contributed by atoms with Gasteiger partial charge in [-0.05, 0) is 24.3 Å². The van der Waals surface area contributed by atoms with Gasteiger partial charge in [0.2, 0.25) is 0 Å². The monoisotopic (exact) mass is 283 g/mol. The standard InChI is InChI=1S/C12H8F3N3O2/c13-12(14,15)7-1-3-8(4-2-7)17-10-6-16-5-9(18-10)11(19)20/h1-6H,(H,17,18)(H,19,20). The summed E-state index contributed by atoms with van der Waals surface area (Å²) < 4.78 is 37.1. The van der Waals surface area contributed by atoms with Gasteiger partial charge in [-0.1, -0.05) is 0 Å². The minimum atomic E-state index is -4.40. The van der Waals surface area contributed by atoms with E-state index in [-0.39, 0.29) is 11.5 Å². The predicted octanol–water partition coefficient (Wildman–Crippen LogP) is 2.94. The Hall–Kier alpha value is -2.64. The Bertz CT molecular complexity index is 627. The molecule has 2 rings (SSSR count). The quantitative estimate of drug-likeness (QED) is 0.905. The summed E-state index contributed by atoms with van der Waals surface area (Å²) in [6, 6.07) is 4.27. The van der Waals surface area contributed by atoms with Crippen molar-refractivity contribution in [3.8, 4) is 0 Å². The number of rotatable bonds is 3. The van der Waals surface area contributed by atoms with E-state index in [4.69, 9.17) is 5.11 Å². The first-order valence-electron chi connectivity index (χ1n) is 5.36. The molecule has 5 nitrogen and oxygen atoms in total. The van der Waals surface area contributed by atoms with Gasteiger partial charge in [-0.25, -0.2) is 9.78 Å². The van der Waals surface area contributed by atoms with Crippen molar-refractivity contribution in [3.63, 3.8) is 0 Å². The second-order valence-corrected chi connectivity index (χ2v) is 3.79. The third-order valence-electron chi connectivity index (χ3n) is 2.34. The molecule has 1 aromatic carbocycles. The van der Waals surface area contributed by atoms with Crippen LogP contribution >= 0.6 is 0 Å². The SMILES string of the molecule is O=C(O)c1cncc(Nc2ccc(C(F)(F)F)cc2)n1. The van der Waals surface area contributed by atoms with Gasteiger partial charge in [0.05, 0.1) is 18.0 Å². The number of halogens is 3. The lowest BCUT2D eigenvalue weighted by Gasteiger charge is -2.09. The number of hydrogen-bond donors (Lipinski definition) is 2. The minimum Gasteiger partial charge on any atom is -0.476 e. The molecule has 0 bridgehead atoms. The van der Waals surface area contributed by atoms with Crippen LogP contribution < -0.4 is 5.32 Å². The van der Waals surface area contributed by atoms with Crippen molar-refractivity contribution < 1.29 is 23.1 Å². The zero-order valence-corrected chi connectivity index (χ0v) is 9.85. The third-order valence-corrected chi connectivity index (χ3v) is 2.34. The highest BCUT2D eigenvalue weighted by Gasteiger charge is 2.29. The summed E-state index contributed by atoms with van der Waals surface area (Å²) in [6.45, 7) is 0. The van der Waals surface area contributed by atoms with Crippen molar-refractivity contribution in [1.82, 2.24) is 9.97 Å². The molecule has 8 heteroatoms. The van der Waals surface area contributed by atoms with Crippen molar-refractivity contribution in [3.05, 3.63) is 47.9 Å². The van der Waals surface area contributed by atoms with Gasteiger partial charge in [0, 0.05) is 5.69 Å². The Kier molecular flexibility index (Phi) is 3.55. The van der Waals surface area contributed by atoms with Gasteiger partial charge in [0.25, 0.3) is 0 Å². The van der Waals surface area contributed by atoms with Crippen LogP contribution in [0.25, 0.3) is 0 Å². The average Bonchev–Trinajstić information content (AvgIpc) is 2.38. The molecule has 0 spiro atoms. The largest absolute Gasteiger partial charge is 0.476 e. The molecule has 0 aliphatic carbocycles. The van der Waals surface area contributed by atoms with Crippen LogP contribution in [0.4, 0.5) is 24.7 Å². The van der Waals surface area contributed by atoms with E-state index in [2.05, 4.69) is 15.3 Å². The molecule has 0 unspecified atom stereocenters. The highest BCUT2D eigenvalue weighted by Crippen LogP contribution is 2.30. The van der Waals surface area contributed by atoms with Gasteiger partial charge >= 0.3 is 12.1 Å². The highest BCUT2D eigenvalue weighted by molar-refractivity contribution is 5.85. The Morgan fingerprint density at radius 1 is 1.15 bits per heavy atom. The van der Waals surface area contributed by atoms with Gasteiger partial charge in [0.1, 0.15) is 5.82 Å². The Morgan fingerprint density at radius 2 is 1.80 bits per heavy atom. The second-order valence-electron chi connectivity index (χ2n) is 3.79. The van der Waals surface area contributed by atoms with Crippen LogP contribution in [0.1, 0.15) is 16.1 Å². The van der Waals surface area contributed by atoms with Crippen LogP contribution in [0, 0.1) is 0 Å². The van der Waals surface area contributed by atoms with E-state index in [9.17, 15) is 18.0 Å². The normalized spacial score (nSPS) is 11.2. The summed E-state index contributed by atoms with van der Waals surface area (Å²) >= 11 is 0. The molecule has 0 saturated carbocycles. The van der Waals surface area contributed by atoms with E-state index < -0.39 is 17.7 Å². The number of aromatic carboxylic acids is 1. The number of aromatic nitrogens is 2. The number of benzene rings is 1. The molecule has 1 heterocycles. The summed E-state index contributed by atoms with van der Waals surface area (Å²) in [7, 11) is 0. The third kappa shape index (κ3) is 3.22. The zero-order valence-electron chi connectivity index (χ0n) is 9.85. The molecule has 2 N–H and O–H groups in total. The van der Waals surface area contributed by atoms with E-state index in [1.165, 1.54) is 18.3 Å². The fraction of sp³-hybridized carbons (Fsp3) is 0.0833. The predicted molar refractivity (Wildman–Crippen MR) is 63.7 cm³/mol. The fourth-order valence-electron chi connectivity index (χ4n) is 1.42. The molecule has 2 aromatic rings. The van der Waals surface area contributed by atoms with E-state index in [1.54, 1.807) is 0 Å². The van der Waals surface area contributed by atoms with E-state index in [1.807, 2.05) is 0 Å². The molecule has 0 aliphatic heterocycles. The lowest BCUT2D eigenvalue weighted by molar-refractivity contribution is -0.137. The maximum Gasteiger partial charge on any atom is 0.416 e.